The first-order valence-electron chi connectivity index (χ1n) is 10.2. The Hall–Kier alpha value is -2.04. The number of phenols is 2. The molecular formula is C23H33N2O2+. The Kier molecular flexibility index (Phi) is 6.75. The molecule has 2 aromatic rings. The van der Waals surface area contributed by atoms with Gasteiger partial charge in [0, 0.05) is 12.8 Å². The number of nitrogens with zero attached hydrogens (tertiary/aromatic N) is 1. The zero-order valence-corrected chi connectivity index (χ0v) is 16.2. The molecule has 0 saturated carbocycles. The van der Waals surface area contributed by atoms with Gasteiger partial charge >= 0.3 is 0 Å². The van der Waals surface area contributed by atoms with Gasteiger partial charge in [0.1, 0.15) is 11.5 Å². The van der Waals surface area contributed by atoms with E-state index in [2.05, 4.69) is 12.1 Å². The maximum Gasteiger partial charge on any atom is 0.115 e. The monoisotopic (exact) mass is 369 g/mol. The van der Waals surface area contributed by atoms with Crippen LogP contribution in [0.25, 0.3) is 0 Å². The van der Waals surface area contributed by atoms with E-state index in [1.807, 2.05) is 24.3 Å². The summed E-state index contributed by atoms with van der Waals surface area (Å²) in [5.41, 5.74) is 8.74. The second kappa shape index (κ2) is 9.25. The minimum absolute atomic E-state index is 0.306. The van der Waals surface area contributed by atoms with Gasteiger partial charge in [-0.25, -0.2) is 0 Å². The van der Waals surface area contributed by atoms with Gasteiger partial charge in [-0.2, -0.15) is 0 Å². The molecule has 0 radical (unpaired) electrons. The number of rotatable bonds is 8. The number of aryl methyl sites for hydroxylation is 2. The molecule has 0 amide bonds. The lowest BCUT2D eigenvalue weighted by Crippen LogP contribution is -2.58. The molecular weight excluding hydrogens is 336 g/mol. The molecule has 27 heavy (non-hydrogen) atoms. The van der Waals surface area contributed by atoms with Crippen LogP contribution in [0.5, 0.6) is 11.5 Å². The molecule has 1 aliphatic heterocycles. The molecule has 1 atom stereocenters. The number of hydrogen-bond donors (Lipinski definition) is 3. The predicted octanol–water partition coefficient (Wildman–Crippen LogP) is 3.60. The number of nitrogens with two attached hydrogens (primary N) is 1. The molecule has 2 aromatic carbocycles. The number of quaternary nitrogens is 1. The van der Waals surface area contributed by atoms with E-state index < -0.39 is 0 Å². The van der Waals surface area contributed by atoms with Crippen molar-refractivity contribution in [2.75, 3.05) is 26.2 Å². The Bertz CT molecular complexity index is 680. The first-order valence-corrected chi connectivity index (χ1v) is 10.2. The highest BCUT2D eigenvalue weighted by Gasteiger charge is 2.32. The van der Waals surface area contributed by atoms with Crippen LogP contribution in [0, 0.1) is 0 Å². The van der Waals surface area contributed by atoms with Crippen molar-refractivity contribution in [2.24, 2.45) is 5.73 Å². The standard InChI is InChI=1S/C23H32N2O2/c24-21-10-5-15-25(18-21,13-3-8-19-6-1-11-22(26)16-19)14-4-9-20-7-2-12-23(27)17-20/h1-2,6-7,11-12,16-17,21H,3-5,8-10,13-15,18,24H2,(H-,26,27)/p+1. The van der Waals surface area contributed by atoms with Crippen molar-refractivity contribution in [3.63, 3.8) is 0 Å². The average molecular weight is 370 g/mol. The van der Waals surface area contributed by atoms with E-state index in [0.29, 0.717) is 17.5 Å². The van der Waals surface area contributed by atoms with Crippen LogP contribution in [0.3, 0.4) is 0 Å². The lowest BCUT2D eigenvalue weighted by Gasteiger charge is -2.44. The van der Waals surface area contributed by atoms with Crippen molar-refractivity contribution < 1.29 is 14.7 Å². The Morgan fingerprint density at radius 3 is 1.93 bits per heavy atom. The third kappa shape index (κ3) is 5.98. The highest BCUT2D eigenvalue weighted by Crippen LogP contribution is 2.22. The van der Waals surface area contributed by atoms with E-state index in [9.17, 15) is 10.2 Å². The molecule has 4 nitrogen and oxygen atoms in total. The molecule has 4 heteroatoms. The molecule has 1 fully saturated rings. The molecule has 4 N–H and O–H groups in total. The number of benzene rings is 2. The summed E-state index contributed by atoms with van der Waals surface area (Å²) in [6.07, 6.45) is 6.57. The smallest absolute Gasteiger partial charge is 0.115 e. The summed E-state index contributed by atoms with van der Waals surface area (Å²) in [7, 11) is 0. The van der Waals surface area contributed by atoms with Crippen molar-refractivity contribution in [2.45, 2.75) is 44.6 Å². The topological polar surface area (TPSA) is 66.5 Å². The first kappa shape index (κ1) is 19.7. The Morgan fingerprint density at radius 2 is 1.44 bits per heavy atom. The fraction of sp³-hybridized carbons (Fsp3) is 0.478. The summed E-state index contributed by atoms with van der Waals surface area (Å²) in [5, 5.41) is 19.3. The zero-order valence-electron chi connectivity index (χ0n) is 16.2. The third-order valence-electron chi connectivity index (χ3n) is 5.85. The maximum atomic E-state index is 9.65. The van der Waals surface area contributed by atoms with Crippen molar-refractivity contribution in [3.05, 3.63) is 59.7 Å². The number of aromatic hydroxyl groups is 2. The first-order chi connectivity index (χ1) is 13.0. The van der Waals surface area contributed by atoms with Crippen molar-refractivity contribution in [1.82, 2.24) is 0 Å². The van der Waals surface area contributed by atoms with Crippen LogP contribution in [0.4, 0.5) is 0 Å². The van der Waals surface area contributed by atoms with Crippen LogP contribution in [0.2, 0.25) is 0 Å². The van der Waals surface area contributed by atoms with Crippen LogP contribution < -0.4 is 5.73 Å². The Balaban J connectivity index is 1.56. The Morgan fingerprint density at radius 1 is 0.889 bits per heavy atom. The quantitative estimate of drug-likeness (QED) is 0.623. The summed E-state index contributed by atoms with van der Waals surface area (Å²) in [4.78, 5) is 0. The molecule has 3 rings (SSSR count). The van der Waals surface area contributed by atoms with Crippen LogP contribution in [0.1, 0.15) is 36.8 Å². The van der Waals surface area contributed by atoms with E-state index in [1.165, 1.54) is 24.1 Å². The van der Waals surface area contributed by atoms with Crippen molar-refractivity contribution >= 4 is 0 Å². The van der Waals surface area contributed by atoms with Gasteiger partial charge in [0.25, 0.3) is 0 Å². The van der Waals surface area contributed by atoms with Crippen LogP contribution in [-0.2, 0) is 12.8 Å². The average Bonchev–Trinajstić information content (AvgIpc) is 2.62. The zero-order chi connectivity index (χ0) is 19.1. The van der Waals surface area contributed by atoms with E-state index in [4.69, 9.17) is 5.73 Å². The fourth-order valence-electron chi connectivity index (χ4n) is 4.55. The van der Waals surface area contributed by atoms with Crippen LogP contribution in [0.15, 0.2) is 48.5 Å². The molecule has 1 heterocycles. The van der Waals surface area contributed by atoms with Gasteiger partial charge in [-0.3, -0.25) is 0 Å². The van der Waals surface area contributed by atoms with Gasteiger partial charge in [-0.05, 0) is 61.1 Å². The van der Waals surface area contributed by atoms with E-state index in [1.54, 1.807) is 12.1 Å². The molecule has 1 saturated heterocycles. The number of phenolic OH excluding ortho intramolecular Hbond substituents is 2. The van der Waals surface area contributed by atoms with Gasteiger partial charge in [0.15, 0.2) is 0 Å². The summed E-state index contributed by atoms with van der Waals surface area (Å²) < 4.78 is 1.11. The van der Waals surface area contributed by atoms with Gasteiger partial charge in [0.05, 0.1) is 32.2 Å². The van der Waals surface area contributed by atoms with E-state index in [0.717, 1.165) is 56.2 Å². The van der Waals surface area contributed by atoms with Crippen molar-refractivity contribution in [1.29, 1.82) is 0 Å². The molecule has 0 aliphatic carbocycles. The number of likely N-dealkylation sites (tertiary alicyclic amines) is 1. The normalized spacial score (nSPS) is 19.1. The van der Waals surface area contributed by atoms with Crippen LogP contribution in [-0.4, -0.2) is 46.9 Å². The summed E-state index contributed by atoms with van der Waals surface area (Å²) in [6, 6.07) is 15.5. The van der Waals surface area contributed by atoms with Crippen LogP contribution >= 0.6 is 0 Å². The molecule has 0 spiro atoms. The van der Waals surface area contributed by atoms with E-state index in [-0.39, 0.29) is 0 Å². The predicted molar refractivity (Wildman–Crippen MR) is 110 cm³/mol. The molecule has 1 unspecified atom stereocenters. The highest BCUT2D eigenvalue weighted by molar-refractivity contribution is 5.27. The minimum Gasteiger partial charge on any atom is -0.508 e. The second-order valence-corrected chi connectivity index (χ2v) is 8.14. The van der Waals surface area contributed by atoms with Crippen molar-refractivity contribution in [3.8, 4) is 11.5 Å². The van der Waals surface area contributed by atoms with E-state index >= 15 is 0 Å². The molecule has 146 valence electrons. The SMILES string of the molecule is NC1CCC[N+](CCCc2cccc(O)c2)(CCCc2cccc(O)c2)C1. The maximum absolute atomic E-state index is 9.65. The number of piperidine rings is 1. The largest absolute Gasteiger partial charge is 0.508 e. The lowest BCUT2D eigenvalue weighted by atomic mass is 10.00. The molecule has 0 aromatic heterocycles. The van der Waals surface area contributed by atoms with Gasteiger partial charge in [-0.15, -0.1) is 0 Å². The minimum atomic E-state index is 0.306. The summed E-state index contributed by atoms with van der Waals surface area (Å²) >= 11 is 0. The Labute approximate surface area is 162 Å². The second-order valence-electron chi connectivity index (χ2n) is 8.14. The number of hydrogen-bond acceptors (Lipinski definition) is 3. The summed E-state index contributed by atoms with van der Waals surface area (Å²) in [5.74, 6) is 0.699. The summed E-state index contributed by atoms with van der Waals surface area (Å²) in [6.45, 7) is 4.57. The lowest BCUT2D eigenvalue weighted by molar-refractivity contribution is -0.933. The van der Waals surface area contributed by atoms with Gasteiger partial charge in [-0.1, -0.05) is 24.3 Å². The highest BCUT2D eigenvalue weighted by atomic mass is 16.3. The van der Waals surface area contributed by atoms with Gasteiger partial charge < -0.3 is 20.4 Å². The fourth-order valence-corrected chi connectivity index (χ4v) is 4.55. The van der Waals surface area contributed by atoms with Gasteiger partial charge in [0.2, 0.25) is 0 Å². The molecule has 0 bridgehead atoms. The third-order valence-corrected chi connectivity index (χ3v) is 5.85. The molecule has 1 aliphatic rings.